The second kappa shape index (κ2) is 12.4. The number of hydrogen-bond acceptors (Lipinski definition) is 4. The summed E-state index contributed by atoms with van der Waals surface area (Å²) in [6.07, 6.45) is 1.13. The number of aliphatic imine (C=N–C) groups is 1. The molecule has 1 aromatic heterocycles. The van der Waals surface area contributed by atoms with Crippen molar-refractivity contribution in [3.05, 3.63) is 52.9 Å². The molecule has 2 aromatic rings. The summed E-state index contributed by atoms with van der Waals surface area (Å²) in [4.78, 5) is 9.98. The van der Waals surface area contributed by atoms with Crippen LogP contribution in [0.1, 0.15) is 61.7 Å². The number of aryl methyl sites for hydroxylation is 2. The molecule has 0 amide bonds. The molecule has 0 spiro atoms. The van der Waals surface area contributed by atoms with Crippen molar-refractivity contribution in [1.29, 1.82) is 0 Å². The highest BCUT2D eigenvalue weighted by Gasteiger charge is 2.25. The fourth-order valence-electron chi connectivity index (χ4n) is 4.56. The van der Waals surface area contributed by atoms with E-state index < -0.39 is 0 Å². The van der Waals surface area contributed by atoms with Crippen molar-refractivity contribution in [3.63, 3.8) is 0 Å². The number of halogens is 1. The van der Waals surface area contributed by atoms with Crippen LogP contribution in [-0.2, 0) is 0 Å². The van der Waals surface area contributed by atoms with Crippen molar-refractivity contribution >= 4 is 29.9 Å². The van der Waals surface area contributed by atoms with Crippen molar-refractivity contribution < 1.29 is 4.52 Å². The molecule has 31 heavy (non-hydrogen) atoms. The highest BCUT2D eigenvalue weighted by Crippen LogP contribution is 2.26. The molecule has 1 saturated heterocycles. The van der Waals surface area contributed by atoms with E-state index in [9.17, 15) is 0 Å². The highest BCUT2D eigenvalue weighted by atomic mass is 127. The van der Waals surface area contributed by atoms with Crippen molar-refractivity contribution in [2.24, 2.45) is 4.99 Å². The minimum atomic E-state index is 0. The first kappa shape index (κ1) is 25.6. The van der Waals surface area contributed by atoms with Gasteiger partial charge >= 0.3 is 0 Å². The Hall–Kier alpha value is -1.61. The van der Waals surface area contributed by atoms with Gasteiger partial charge in [-0.05, 0) is 32.8 Å². The van der Waals surface area contributed by atoms with Gasteiger partial charge in [0.2, 0.25) is 0 Å². The Labute approximate surface area is 204 Å². The molecule has 1 aliphatic rings. The van der Waals surface area contributed by atoms with Crippen LogP contribution in [0.25, 0.3) is 0 Å². The molecule has 0 saturated carbocycles. The maximum atomic E-state index is 5.34. The Morgan fingerprint density at radius 1 is 1.13 bits per heavy atom. The number of aromatic nitrogens is 1. The van der Waals surface area contributed by atoms with E-state index in [2.05, 4.69) is 71.4 Å². The van der Waals surface area contributed by atoms with E-state index in [4.69, 9.17) is 9.52 Å². The predicted octanol–water partition coefficient (Wildman–Crippen LogP) is 4.75. The molecule has 1 aliphatic heterocycles. The highest BCUT2D eigenvalue weighted by molar-refractivity contribution is 14.0. The van der Waals surface area contributed by atoms with Gasteiger partial charge in [0.1, 0.15) is 5.76 Å². The first-order valence-electron chi connectivity index (χ1n) is 11.3. The lowest BCUT2D eigenvalue weighted by atomic mass is 10.00. The summed E-state index contributed by atoms with van der Waals surface area (Å²) in [7, 11) is 0. The molecule has 1 fully saturated rings. The Morgan fingerprint density at radius 2 is 1.81 bits per heavy atom. The average Bonchev–Trinajstić information content (AvgIpc) is 3.11. The number of nitrogens with zero attached hydrogens (tertiary/aromatic N) is 4. The van der Waals surface area contributed by atoms with E-state index in [1.54, 1.807) is 0 Å². The maximum Gasteiger partial charge on any atom is 0.194 e. The zero-order chi connectivity index (χ0) is 21.5. The third-order valence-corrected chi connectivity index (χ3v) is 6.06. The molecular formula is C24H38IN5O. The molecule has 0 aliphatic carbocycles. The van der Waals surface area contributed by atoms with Gasteiger partial charge in [-0.15, -0.1) is 24.0 Å². The molecule has 2 heterocycles. The van der Waals surface area contributed by atoms with Gasteiger partial charge in [-0.25, -0.2) is 0 Å². The summed E-state index contributed by atoms with van der Waals surface area (Å²) in [5, 5.41) is 7.58. The molecule has 2 unspecified atom stereocenters. The SMILES string of the molecule is CCNC(=NCC(C)c1c(C)noc1C)N1CCN(C(CC)c2ccccc2)CC1.I. The number of guanidine groups is 1. The summed E-state index contributed by atoms with van der Waals surface area (Å²) in [6, 6.07) is 11.4. The summed E-state index contributed by atoms with van der Waals surface area (Å²) < 4.78 is 5.34. The van der Waals surface area contributed by atoms with E-state index in [1.165, 1.54) is 11.1 Å². The van der Waals surface area contributed by atoms with Gasteiger partial charge in [0.25, 0.3) is 0 Å². The molecule has 172 valence electrons. The van der Waals surface area contributed by atoms with E-state index in [-0.39, 0.29) is 29.9 Å². The second-order valence-electron chi connectivity index (χ2n) is 8.19. The zero-order valence-electron chi connectivity index (χ0n) is 19.6. The minimum Gasteiger partial charge on any atom is -0.361 e. The maximum absolute atomic E-state index is 5.34. The third kappa shape index (κ3) is 6.44. The van der Waals surface area contributed by atoms with E-state index in [0.29, 0.717) is 6.04 Å². The smallest absolute Gasteiger partial charge is 0.194 e. The van der Waals surface area contributed by atoms with Crippen LogP contribution in [0.4, 0.5) is 0 Å². The van der Waals surface area contributed by atoms with E-state index in [1.807, 2.05) is 13.8 Å². The lowest BCUT2D eigenvalue weighted by Gasteiger charge is -2.40. The predicted molar refractivity (Wildman–Crippen MR) is 138 cm³/mol. The first-order valence-corrected chi connectivity index (χ1v) is 11.3. The van der Waals surface area contributed by atoms with Crippen LogP contribution < -0.4 is 5.32 Å². The molecule has 1 aromatic carbocycles. The van der Waals surface area contributed by atoms with Crippen molar-refractivity contribution in [3.8, 4) is 0 Å². The molecule has 0 bridgehead atoms. The van der Waals surface area contributed by atoms with Gasteiger partial charge in [0.15, 0.2) is 5.96 Å². The van der Waals surface area contributed by atoms with Gasteiger partial charge in [-0.2, -0.15) is 0 Å². The first-order chi connectivity index (χ1) is 14.5. The van der Waals surface area contributed by atoms with Crippen LogP contribution in [0.5, 0.6) is 0 Å². The third-order valence-electron chi connectivity index (χ3n) is 6.06. The van der Waals surface area contributed by atoms with Gasteiger partial charge in [0, 0.05) is 56.8 Å². The molecule has 2 atom stereocenters. The molecule has 3 rings (SSSR count). The number of nitrogens with one attached hydrogen (secondary N) is 1. The summed E-state index contributed by atoms with van der Waals surface area (Å²) in [6.45, 7) is 16.3. The molecule has 1 N–H and O–H groups in total. The Kier molecular flexibility index (Phi) is 10.3. The Balaban J connectivity index is 0.00000341. The molecular weight excluding hydrogens is 501 g/mol. The Morgan fingerprint density at radius 3 is 2.35 bits per heavy atom. The largest absolute Gasteiger partial charge is 0.361 e. The Bertz CT molecular complexity index is 795. The monoisotopic (exact) mass is 539 g/mol. The lowest BCUT2D eigenvalue weighted by molar-refractivity contribution is 0.127. The average molecular weight is 540 g/mol. The van der Waals surface area contributed by atoms with E-state index in [0.717, 1.165) is 63.1 Å². The van der Waals surface area contributed by atoms with Gasteiger partial charge < -0.3 is 14.7 Å². The second-order valence-corrected chi connectivity index (χ2v) is 8.19. The molecule has 0 radical (unpaired) electrons. The summed E-state index contributed by atoms with van der Waals surface area (Å²) in [5.74, 6) is 2.21. The minimum absolute atomic E-state index is 0. The van der Waals surface area contributed by atoms with Crippen molar-refractivity contribution in [2.75, 3.05) is 39.3 Å². The molecule has 6 nitrogen and oxygen atoms in total. The van der Waals surface area contributed by atoms with Gasteiger partial charge in [-0.3, -0.25) is 9.89 Å². The number of rotatable bonds is 7. The van der Waals surface area contributed by atoms with E-state index >= 15 is 0 Å². The quantitative estimate of drug-likeness (QED) is 0.313. The van der Waals surface area contributed by atoms with Crippen LogP contribution in [-0.4, -0.2) is 60.2 Å². The fraction of sp³-hybridized carbons (Fsp3) is 0.583. The topological polar surface area (TPSA) is 56.9 Å². The van der Waals surface area contributed by atoms with Crippen molar-refractivity contribution in [2.45, 2.75) is 53.0 Å². The zero-order valence-corrected chi connectivity index (χ0v) is 21.9. The van der Waals surface area contributed by atoms with Gasteiger partial charge in [0.05, 0.1) is 5.69 Å². The van der Waals surface area contributed by atoms with Gasteiger partial charge in [-0.1, -0.05) is 49.3 Å². The fourth-order valence-corrected chi connectivity index (χ4v) is 4.56. The van der Waals surface area contributed by atoms with Crippen LogP contribution in [0, 0.1) is 13.8 Å². The number of piperazine rings is 1. The number of hydrogen-bond donors (Lipinski definition) is 1. The summed E-state index contributed by atoms with van der Waals surface area (Å²) >= 11 is 0. The van der Waals surface area contributed by atoms with Crippen LogP contribution in [0.15, 0.2) is 39.8 Å². The van der Waals surface area contributed by atoms with Crippen molar-refractivity contribution in [1.82, 2.24) is 20.3 Å². The van der Waals surface area contributed by atoms with Crippen LogP contribution in [0.2, 0.25) is 0 Å². The normalized spacial score (nSPS) is 17.2. The number of benzene rings is 1. The van der Waals surface area contributed by atoms with Crippen LogP contribution >= 0.6 is 24.0 Å². The van der Waals surface area contributed by atoms with Crippen LogP contribution in [0.3, 0.4) is 0 Å². The summed E-state index contributed by atoms with van der Waals surface area (Å²) in [5.41, 5.74) is 3.58. The lowest BCUT2D eigenvalue weighted by Crippen LogP contribution is -2.53. The standard InChI is InChI=1S/C24H37N5O.HI/c1-6-22(21-11-9-8-10-12-21)28-13-15-29(16-14-28)24(25-7-2)26-17-18(3)23-19(4)27-30-20(23)5;/h8-12,18,22H,6-7,13-17H2,1-5H3,(H,25,26);1H. The molecule has 7 heteroatoms.